The van der Waals surface area contributed by atoms with Crippen molar-refractivity contribution >= 4 is 17.3 Å². The van der Waals surface area contributed by atoms with Gasteiger partial charge in [0.1, 0.15) is 5.69 Å². The van der Waals surface area contributed by atoms with E-state index in [0.29, 0.717) is 11.6 Å². The van der Waals surface area contributed by atoms with E-state index >= 15 is 0 Å². The number of ether oxygens (including phenoxy) is 1. The molecule has 1 aliphatic carbocycles. The Balaban J connectivity index is 2.36. The lowest BCUT2D eigenvalue weighted by Crippen LogP contribution is -2.41. The van der Waals surface area contributed by atoms with E-state index in [1.807, 2.05) is 19.1 Å². The van der Waals surface area contributed by atoms with Crippen LogP contribution in [0.4, 0.5) is 11.4 Å². The fourth-order valence-electron chi connectivity index (χ4n) is 3.89. The van der Waals surface area contributed by atoms with Crippen LogP contribution in [-0.4, -0.2) is 41.8 Å². The maximum atomic E-state index is 11.8. The Labute approximate surface area is 166 Å². The molecule has 0 unspecified atom stereocenters. The van der Waals surface area contributed by atoms with Gasteiger partial charge in [0.05, 0.1) is 24.6 Å². The molecule has 0 bridgehead atoms. The smallest absolute Gasteiger partial charge is 0.306 e. The number of rotatable bonds is 8. The Bertz CT molecular complexity index is 683. The number of aliphatic hydroxyl groups excluding tert-OH is 1. The molecule has 1 aliphatic rings. The highest BCUT2D eigenvalue weighted by Crippen LogP contribution is 2.37. The van der Waals surface area contributed by atoms with Gasteiger partial charge < -0.3 is 14.7 Å². The first-order chi connectivity index (χ1) is 13.2. The second kappa shape index (κ2) is 9.87. The quantitative estimate of drug-likeness (QED) is 0.408. The maximum absolute atomic E-state index is 11.8. The average Bonchev–Trinajstić information content (AvgIpc) is 2.66. The highest BCUT2D eigenvalue weighted by molar-refractivity contribution is 5.71. The molecule has 28 heavy (non-hydrogen) atoms. The van der Waals surface area contributed by atoms with Crippen molar-refractivity contribution in [1.82, 2.24) is 0 Å². The number of nitro groups is 1. The molecule has 1 fully saturated rings. The van der Waals surface area contributed by atoms with Gasteiger partial charge in [-0.05, 0) is 49.1 Å². The van der Waals surface area contributed by atoms with Crippen LogP contribution in [0.25, 0.3) is 0 Å². The van der Waals surface area contributed by atoms with Gasteiger partial charge in [-0.25, -0.2) is 0 Å². The lowest BCUT2D eigenvalue weighted by atomic mass is 9.90. The number of nitrogens with zero attached hydrogens (tertiary/aromatic N) is 2. The fraction of sp³-hybridized carbons (Fsp3) is 0.667. The second-order valence-electron chi connectivity index (χ2n) is 8.20. The Kier molecular flexibility index (Phi) is 7.80. The predicted octanol–water partition coefficient (Wildman–Crippen LogP) is 4.03. The van der Waals surface area contributed by atoms with Crippen molar-refractivity contribution in [2.24, 2.45) is 5.92 Å². The topological polar surface area (TPSA) is 92.9 Å². The SMILES string of the molecule is COC(=O)C[C@@H](C)c1ccc(N(CC(C)C)C2CCC(O)CC2)c([N+](=O)[O-])c1. The molecule has 0 spiro atoms. The molecule has 7 heteroatoms. The first-order valence-electron chi connectivity index (χ1n) is 10.0. The van der Waals surface area contributed by atoms with E-state index in [-0.39, 0.29) is 41.1 Å². The van der Waals surface area contributed by atoms with E-state index in [1.165, 1.54) is 7.11 Å². The van der Waals surface area contributed by atoms with Crippen LogP contribution in [0.15, 0.2) is 18.2 Å². The standard InChI is InChI=1S/C21H32N2O5/c1-14(2)13-22(17-6-8-18(24)9-7-17)19-10-5-16(12-20(19)23(26)27)15(3)11-21(25)28-4/h5,10,12,14-15,17-18,24H,6-9,11,13H2,1-4H3/t15-,17?,18?/m1/s1. The highest BCUT2D eigenvalue weighted by Gasteiger charge is 2.30. The van der Waals surface area contributed by atoms with E-state index < -0.39 is 0 Å². The van der Waals surface area contributed by atoms with Gasteiger partial charge in [-0.2, -0.15) is 0 Å². The van der Waals surface area contributed by atoms with E-state index in [4.69, 9.17) is 4.74 Å². The number of anilines is 1. The van der Waals surface area contributed by atoms with Crippen molar-refractivity contribution in [3.8, 4) is 0 Å². The third kappa shape index (κ3) is 5.67. The Morgan fingerprint density at radius 3 is 2.46 bits per heavy atom. The number of carbonyl (C=O) groups excluding carboxylic acids is 1. The average molecular weight is 392 g/mol. The van der Waals surface area contributed by atoms with Crippen LogP contribution < -0.4 is 4.90 Å². The van der Waals surface area contributed by atoms with Crippen LogP contribution in [0.2, 0.25) is 0 Å². The van der Waals surface area contributed by atoms with Crippen molar-refractivity contribution in [3.63, 3.8) is 0 Å². The summed E-state index contributed by atoms with van der Waals surface area (Å²) in [5.41, 5.74) is 1.44. The molecule has 156 valence electrons. The summed E-state index contributed by atoms with van der Waals surface area (Å²) in [5.74, 6) is -0.144. The third-order valence-corrected chi connectivity index (χ3v) is 5.44. The number of aliphatic hydroxyl groups is 1. The summed E-state index contributed by atoms with van der Waals surface area (Å²) in [5, 5.41) is 21.7. The molecule has 0 saturated heterocycles. The van der Waals surface area contributed by atoms with Crippen LogP contribution in [0.5, 0.6) is 0 Å². The molecule has 1 saturated carbocycles. The molecule has 0 heterocycles. The normalized spacial score (nSPS) is 20.6. The molecular weight excluding hydrogens is 360 g/mol. The summed E-state index contributed by atoms with van der Waals surface area (Å²) in [7, 11) is 1.34. The molecule has 1 atom stereocenters. The molecule has 0 aliphatic heterocycles. The summed E-state index contributed by atoms with van der Waals surface area (Å²) >= 11 is 0. The third-order valence-electron chi connectivity index (χ3n) is 5.44. The second-order valence-corrected chi connectivity index (χ2v) is 8.20. The molecule has 1 aromatic carbocycles. The number of benzene rings is 1. The molecule has 1 aromatic rings. The van der Waals surface area contributed by atoms with E-state index in [2.05, 4.69) is 18.7 Å². The zero-order chi connectivity index (χ0) is 20.8. The van der Waals surface area contributed by atoms with E-state index in [1.54, 1.807) is 6.07 Å². The van der Waals surface area contributed by atoms with Gasteiger partial charge >= 0.3 is 5.97 Å². The van der Waals surface area contributed by atoms with Crippen LogP contribution in [-0.2, 0) is 9.53 Å². The van der Waals surface area contributed by atoms with Crippen LogP contribution in [0, 0.1) is 16.0 Å². The highest BCUT2D eigenvalue weighted by atomic mass is 16.6. The Morgan fingerprint density at radius 1 is 1.29 bits per heavy atom. The molecule has 0 amide bonds. The van der Waals surface area contributed by atoms with Gasteiger partial charge in [0, 0.05) is 18.7 Å². The van der Waals surface area contributed by atoms with Crippen LogP contribution in [0.1, 0.15) is 64.4 Å². The Morgan fingerprint density at radius 2 is 1.93 bits per heavy atom. The van der Waals surface area contributed by atoms with Gasteiger partial charge in [0.15, 0.2) is 0 Å². The number of hydrogen-bond donors (Lipinski definition) is 1. The largest absolute Gasteiger partial charge is 0.469 e. The summed E-state index contributed by atoms with van der Waals surface area (Å²) in [6.07, 6.45) is 3.01. The van der Waals surface area contributed by atoms with Gasteiger partial charge in [-0.15, -0.1) is 0 Å². The van der Waals surface area contributed by atoms with Crippen LogP contribution in [0.3, 0.4) is 0 Å². The van der Waals surface area contributed by atoms with Crippen molar-refractivity contribution in [2.45, 2.75) is 70.9 Å². The van der Waals surface area contributed by atoms with Crippen LogP contribution >= 0.6 is 0 Å². The van der Waals surface area contributed by atoms with Crippen molar-refractivity contribution in [3.05, 3.63) is 33.9 Å². The minimum absolute atomic E-state index is 0.0704. The number of carbonyl (C=O) groups is 1. The fourth-order valence-corrected chi connectivity index (χ4v) is 3.89. The van der Waals surface area contributed by atoms with E-state index in [0.717, 1.165) is 37.8 Å². The summed E-state index contributed by atoms with van der Waals surface area (Å²) in [6, 6.07) is 5.46. The van der Waals surface area contributed by atoms with Gasteiger partial charge in [0.25, 0.3) is 5.69 Å². The zero-order valence-corrected chi connectivity index (χ0v) is 17.3. The molecule has 0 aromatic heterocycles. The monoisotopic (exact) mass is 392 g/mol. The minimum atomic E-state index is -0.339. The lowest BCUT2D eigenvalue weighted by Gasteiger charge is -2.38. The number of esters is 1. The lowest BCUT2D eigenvalue weighted by molar-refractivity contribution is -0.384. The number of hydrogen-bond acceptors (Lipinski definition) is 6. The van der Waals surface area contributed by atoms with E-state index in [9.17, 15) is 20.0 Å². The Hall–Kier alpha value is -2.15. The van der Waals surface area contributed by atoms with Gasteiger partial charge in [-0.3, -0.25) is 14.9 Å². The number of nitro benzene ring substituents is 1. The van der Waals surface area contributed by atoms with Crippen molar-refractivity contribution in [1.29, 1.82) is 0 Å². The number of methoxy groups -OCH3 is 1. The van der Waals surface area contributed by atoms with Gasteiger partial charge in [0.2, 0.25) is 0 Å². The molecule has 2 rings (SSSR count). The van der Waals surface area contributed by atoms with Crippen molar-refractivity contribution in [2.75, 3.05) is 18.6 Å². The molecule has 7 nitrogen and oxygen atoms in total. The minimum Gasteiger partial charge on any atom is -0.469 e. The maximum Gasteiger partial charge on any atom is 0.306 e. The first-order valence-corrected chi connectivity index (χ1v) is 10.0. The summed E-state index contributed by atoms with van der Waals surface area (Å²) in [4.78, 5) is 25.2. The molecule has 1 N–H and O–H groups in total. The van der Waals surface area contributed by atoms with Gasteiger partial charge in [-0.1, -0.05) is 26.8 Å². The molecular formula is C21H32N2O5. The molecule has 0 radical (unpaired) electrons. The van der Waals surface area contributed by atoms with Crippen molar-refractivity contribution < 1.29 is 19.6 Å². The summed E-state index contributed by atoms with van der Waals surface area (Å²) < 4.78 is 4.71. The summed E-state index contributed by atoms with van der Waals surface area (Å²) in [6.45, 7) is 6.79. The zero-order valence-electron chi connectivity index (χ0n) is 17.3. The first kappa shape index (κ1) is 22.1. The predicted molar refractivity (Wildman–Crippen MR) is 109 cm³/mol.